The van der Waals surface area contributed by atoms with Crippen LogP contribution in [0.4, 0.5) is 11.4 Å². The molecule has 162 valence electrons. The van der Waals surface area contributed by atoms with Crippen molar-refractivity contribution in [3.8, 4) is 0 Å². The maximum atomic E-state index is 13.1. The number of rotatable bonds is 6. The molecule has 0 radical (unpaired) electrons. The molecule has 0 aromatic heterocycles. The number of carbonyl (C=O) groups excluding carboxylic acids is 2. The van der Waals surface area contributed by atoms with Gasteiger partial charge in [-0.3, -0.25) is 9.59 Å². The standard InChI is InChI=1S/C24H27N3O4/c1-17(2)18-7-9-19(10-8-18)26-13-15-27(16-14-26)24(31)20-5-3-4-6-21(20)25-22(28)11-12-23(29)30/h3-12,17H,13-16H2,1-2H3,(H,25,28)(H,29,30)/b12-11+. The lowest BCUT2D eigenvalue weighted by atomic mass is 10.0. The number of aliphatic carboxylic acids is 1. The summed E-state index contributed by atoms with van der Waals surface area (Å²) in [5.41, 5.74) is 3.19. The molecule has 0 atom stereocenters. The van der Waals surface area contributed by atoms with Crippen LogP contribution >= 0.6 is 0 Å². The van der Waals surface area contributed by atoms with Crippen molar-refractivity contribution in [3.05, 3.63) is 71.8 Å². The molecular formula is C24H27N3O4. The molecule has 1 aliphatic heterocycles. The molecule has 0 unspecified atom stereocenters. The fraction of sp³-hybridized carbons (Fsp3) is 0.292. The van der Waals surface area contributed by atoms with Crippen LogP contribution in [0, 0.1) is 0 Å². The summed E-state index contributed by atoms with van der Waals surface area (Å²) >= 11 is 0. The molecule has 3 rings (SSSR count). The van der Waals surface area contributed by atoms with Gasteiger partial charge in [0.05, 0.1) is 11.3 Å². The molecule has 1 heterocycles. The van der Waals surface area contributed by atoms with E-state index in [4.69, 9.17) is 5.11 Å². The molecule has 2 aromatic carbocycles. The van der Waals surface area contributed by atoms with Gasteiger partial charge >= 0.3 is 5.97 Å². The first-order chi connectivity index (χ1) is 14.8. The fourth-order valence-electron chi connectivity index (χ4n) is 3.51. The van der Waals surface area contributed by atoms with Gasteiger partial charge in [0.2, 0.25) is 5.91 Å². The Labute approximate surface area is 182 Å². The highest BCUT2D eigenvalue weighted by Gasteiger charge is 2.24. The Hall–Kier alpha value is -3.61. The number of para-hydroxylation sites is 1. The Balaban J connectivity index is 1.64. The molecule has 0 bridgehead atoms. The van der Waals surface area contributed by atoms with E-state index in [1.165, 1.54) is 5.56 Å². The summed E-state index contributed by atoms with van der Waals surface area (Å²) in [6.45, 7) is 6.94. The van der Waals surface area contributed by atoms with Gasteiger partial charge in [-0.2, -0.15) is 0 Å². The number of benzene rings is 2. The third-order valence-corrected chi connectivity index (χ3v) is 5.28. The quantitative estimate of drug-likeness (QED) is 0.698. The molecule has 0 saturated carbocycles. The van der Waals surface area contributed by atoms with Crippen LogP contribution in [0.1, 0.15) is 35.7 Å². The van der Waals surface area contributed by atoms with Crippen LogP contribution in [0.3, 0.4) is 0 Å². The van der Waals surface area contributed by atoms with Crippen molar-refractivity contribution >= 4 is 29.2 Å². The largest absolute Gasteiger partial charge is 0.478 e. The van der Waals surface area contributed by atoms with Gasteiger partial charge in [-0.15, -0.1) is 0 Å². The Kier molecular flexibility index (Phi) is 7.07. The second-order valence-corrected chi connectivity index (χ2v) is 7.73. The number of hydrogen-bond acceptors (Lipinski definition) is 4. The molecule has 0 aliphatic carbocycles. The number of anilines is 2. The van der Waals surface area contributed by atoms with Crippen molar-refractivity contribution in [2.45, 2.75) is 19.8 Å². The summed E-state index contributed by atoms with van der Waals surface area (Å²) in [5.74, 6) is -1.48. The smallest absolute Gasteiger partial charge is 0.328 e. The van der Waals surface area contributed by atoms with E-state index in [-0.39, 0.29) is 5.91 Å². The Morgan fingerprint density at radius 1 is 0.935 bits per heavy atom. The predicted molar refractivity (Wildman–Crippen MR) is 120 cm³/mol. The Bertz CT molecular complexity index is 975. The van der Waals surface area contributed by atoms with Gasteiger partial charge in [0, 0.05) is 44.0 Å². The Morgan fingerprint density at radius 2 is 1.58 bits per heavy atom. The number of carboxylic acid groups (broad SMARTS) is 1. The lowest BCUT2D eigenvalue weighted by Crippen LogP contribution is -2.49. The first-order valence-electron chi connectivity index (χ1n) is 10.3. The molecule has 7 heteroatoms. The number of nitrogens with one attached hydrogen (secondary N) is 1. The third-order valence-electron chi connectivity index (χ3n) is 5.28. The van der Waals surface area contributed by atoms with Gasteiger partial charge in [0.1, 0.15) is 0 Å². The number of amides is 2. The molecule has 1 fully saturated rings. The van der Waals surface area contributed by atoms with E-state index in [1.54, 1.807) is 29.2 Å². The van der Waals surface area contributed by atoms with E-state index in [1.807, 2.05) is 0 Å². The van der Waals surface area contributed by atoms with E-state index in [0.29, 0.717) is 30.3 Å². The number of nitrogens with zero attached hydrogens (tertiary/aromatic N) is 2. The summed E-state index contributed by atoms with van der Waals surface area (Å²) in [6, 6.07) is 15.3. The lowest BCUT2D eigenvalue weighted by molar-refractivity contribution is -0.131. The molecule has 1 saturated heterocycles. The predicted octanol–water partition coefficient (Wildman–Crippen LogP) is 3.35. The molecule has 1 aliphatic rings. The molecule has 7 nitrogen and oxygen atoms in total. The van der Waals surface area contributed by atoms with Crippen LogP contribution in [0.5, 0.6) is 0 Å². The van der Waals surface area contributed by atoms with Gasteiger partial charge in [0.25, 0.3) is 5.91 Å². The number of hydrogen-bond donors (Lipinski definition) is 2. The SMILES string of the molecule is CC(C)c1ccc(N2CCN(C(=O)c3ccccc3NC(=O)/C=C/C(=O)O)CC2)cc1. The van der Waals surface area contributed by atoms with Gasteiger partial charge in [-0.05, 0) is 35.7 Å². The van der Waals surface area contributed by atoms with Gasteiger partial charge < -0.3 is 20.2 Å². The van der Waals surface area contributed by atoms with Crippen LogP contribution in [0.15, 0.2) is 60.7 Å². The van der Waals surface area contributed by atoms with E-state index in [2.05, 4.69) is 48.3 Å². The number of carbonyl (C=O) groups is 3. The fourth-order valence-corrected chi connectivity index (χ4v) is 3.51. The topological polar surface area (TPSA) is 90.0 Å². The van der Waals surface area contributed by atoms with Crippen LogP contribution < -0.4 is 10.2 Å². The molecule has 2 N–H and O–H groups in total. The maximum absolute atomic E-state index is 13.1. The van der Waals surface area contributed by atoms with E-state index in [0.717, 1.165) is 30.9 Å². The summed E-state index contributed by atoms with van der Waals surface area (Å²) in [6.07, 6.45) is 1.68. The monoisotopic (exact) mass is 421 g/mol. The molecule has 2 amide bonds. The average Bonchev–Trinajstić information content (AvgIpc) is 2.78. The molecule has 0 spiro atoms. The highest BCUT2D eigenvalue weighted by atomic mass is 16.4. The van der Waals surface area contributed by atoms with E-state index < -0.39 is 11.9 Å². The minimum Gasteiger partial charge on any atom is -0.478 e. The average molecular weight is 421 g/mol. The molecule has 2 aromatic rings. The first-order valence-corrected chi connectivity index (χ1v) is 10.3. The summed E-state index contributed by atoms with van der Waals surface area (Å²) in [7, 11) is 0. The number of carboxylic acids is 1. The van der Waals surface area contributed by atoms with Crippen molar-refractivity contribution in [2.75, 3.05) is 36.4 Å². The zero-order valence-electron chi connectivity index (χ0n) is 17.7. The van der Waals surface area contributed by atoms with Crippen molar-refractivity contribution in [2.24, 2.45) is 0 Å². The van der Waals surface area contributed by atoms with Gasteiger partial charge in [-0.1, -0.05) is 38.1 Å². The van der Waals surface area contributed by atoms with Crippen LogP contribution in [-0.4, -0.2) is 54.0 Å². The second-order valence-electron chi connectivity index (χ2n) is 7.73. The van der Waals surface area contributed by atoms with Crippen LogP contribution in [-0.2, 0) is 9.59 Å². The van der Waals surface area contributed by atoms with Gasteiger partial charge in [-0.25, -0.2) is 4.79 Å². The van der Waals surface area contributed by atoms with Gasteiger partial charge in [0.15, 0.2) is 0 Å². The second kappa shape index (κ2) is 9.93. The van der Waals surface area contributed by atoms with Crippen LogP contribution in [0.2, 0.25) is 0 Å². The zero-order chi connectivity index (χ0) is 22.4. The van der Waals surface area contributed by atoms with Crippen molar-refractivity contribution in [1.29, 1.82) is 0 Å². The van der Waals surface area contributed by atoms with Crippen molar-refractivity contribution in [1.82, 2.24) is 4.90 Å². The Morgan fingerprint density at radius 3 is 2.19 bits per heavy atom. The summed E-state index contributed by atoms with van der Waals surface area (Å²) in [4.78, 5) is 39.6. The molecular weight excluding hydrogens is 394 g/mol. The van der Waals surface area contributed by atoms with Crippen LogP contribution in [0.25, 0.3) is 0 Å². The first kappa shape index (κ1) is 22.1. The summed E-state index contributed by atoms with van der Waals surface area (Å²) < 4.78 is 0. The minimum absolute atomic E-state index is 0.159. The van der Waals surface area contributed by atoms with E-state index in [9.17, 15) is 14.4 Å². The highest BCUT2D eigenvalue weighted by Crippen LogP contribution is 2.23. The van der Waals surface area contributed by atoms with Crippen molar-refractivity contribution < 1.29 is 19.5 Å². The zero-order valence-corrected chi connectivity index (χ0v) is 17.7. The third kappa shape index (κ3) is 5.72. The highest BCUT2D eigenvalue weighted by molar-refractivity contribution is 6.07. The maximum Gasteiger partial charge on any atom is 0.328 e. The van der Waals surface area contributed by atoms with Crippen molar-refractivity contribution in [3.63, 3.8) is 0 Å². The normalized spacial score (nSPS) is 14.2. The lowest BCUT2D eigenvalue weighted by Gasteiger charge is -2.36. The minimum atomic E-state index is -1.21. The number of piperazine rings is 1. The van der Waals surface area contributed by atoms with E-state index >= 15 is 0 Å². The summed E-state index contributed by atoms with van der Waals surface area (Å²) in [5, 5.41) is 11.2. The molecule has 31 heavy (non-hydrogen) atoms.